The number of halogens is 1. The normalized spacial score (nSPS) is 18.4. The zero-order valence-electron chi connectivity index (χ0n) is 11.4. The number of aromatic nitrogens is 2. The van der Waals surface area contributed by atoms with Gasteiger partial charge in [-0.1, -0.05) is 0 Å². The summed E-state index contributed by atoms with van der Waals surface area (Å²) in [5.74, 6) is 0.738. The largest absolute Gasteiger partial charge is 0.300 e. The van der Waals surface area contributed by atoms with Crippen molar-refractivity contribution in [3.63, 3.8) is 0 Å². The fourth-order valence-corrected chi connectivity index (χ4v) is 2.76. The Kier molecular flexibility index (Phi) is 5.03. The number of piperazine rings is 1. The number of nitrogens with zero attached hydrogens (tertiary/aromatic N) is 4. The Morgan fingerprint density at radius 2 is 1.89 bits per heavy atom. The highest BCUT2D eigenvalue weighted by atomic mass is 35.5. The van der Waals surface area contributed by atoms with Crippen molar-refractivity contribution in [3.8, 4) is 0 Å². The van der Waals surface area contributed by atoms with Gasteiger partial charge in [-0.3, -0.25) is 14.5 Å². The summed E-state index contributed by atoms with van der Waals surface area (Å²) in [7, 11) is 0. The molecule has 0 N–H and O–H groups in total. The molecule has 4 nitrogen and oxygen atoms in total. The van der Waals surface area contributed by atoms with Crippen LogP contribution in [0.1, 0.15) is 18.3 Å². The molecule has 1 aromatic heterocycles. The van der Waals surface area contributed by atoms with E-state index in [1.54, 1.807) is 0 Å². The monoisotopic (exact) mass is 270 g/mol. The summed E-state index contributed by atoms with van der Waals surface area (Å²) < 4.78 is 2.11. The summed E-state index contributed by atoms with van der Waals surface area (Å²) in [5.41, 5.74) is 2.45. The van der Waals surface area contributed by atoms with Crippen molar-refractivity contribution in [2.24, 2.45) is 0 Å². The van der Waals surface area contributed by atoms with Gasteiger partial charge in [0.15, 0.2) is 0 Å². The van der Waals surface area contributed by atoms with Crippen LogP contribution in [0.4, 0.5) is 0 Å². The van der Waals surface area contributed by atoms with Gasteiger partial charge < -0.3 is 0 Å². The molecule has 0 bridgehead atoms. The topological polar surface area (TPSA) is 24.3 Å². The lowest BCUT2D eigenvalue weighted by atomic mass is 10.2. The lowest BCUT2D eigenvalue weighted by Gasteiger charge is -2.34. The second-order valence-corrected chi connectivity index (χ2v) is 5.28. The number of hydrogen-bond donors (Lipinski definition) is 0. The van der Waals surface area contributed by atoms with E-state index in [2.05, 4.69) is 39.5 Å². The molecule has 1 aliphatic rings. The summed E-state index contributed by atoms with van der Waals surface area (Å²) >= 11 is 5.78. The van der Waals surface area contributed by atoms with Gasteiger partial charge in [0.1, 0.15) is 0 Å². The molecule has 5 heteroatoms. The summed E-state index contributed by atoms with van der Waals surface area (Å²) in [4.78, 5) is 4.94. The van der Waals surface area contributed by atoms with E-state index in [4.69, 9.17) is 11.6 Å². The molecule has 0 unspecified atom stereocenters. The first kappa shape index (κ1) is 13.8. The van der Waals surface area contributed by atoms with Gasteiger partial charge in [-0.15, -0.1) is 11.6 Å². The fourth-order valence-electron chi connectivity index (χ4n) is 2.52. The Morgan fingerprint density at radius 3 is 2.50 bits per heavy atom. The molecule has 1 saturated heterocycles. The third kappa shape index (κ3) is 3.46. The Bertz CT molecular complexity index is 369. The first-order valence-electron chi connectivity index (χ1n) is 6.77. The molecule has 1 aromatic rings. The maximum Gasteiger partial charge on any atom is 0.0597 e. The van der Waals surface area contributed by atoms with Crippen molar-refractivity contribution in [3.05, 3.63) is 17.5 Å². The molecule has 0 amide bonds. The van der Waals surface area contributed by atoms with Gasteiger partial charge in [0.05, 0.1) is 11.4 Å². The van der Waals surface area contributed by atoms with Crippen LogP contribution in [-0.4, -0.2) is 58.2 Å². The van der Waals surface area contributed by atoms with Gasteiger partial charge in [0.25, 0.3) is 0 Å². The second-order valence-electron chi connectivity index (χ2n) is 4.90. The zero-order valence-corrected chi connectivity index (χ0v) is 12.2. The smallest absolute Gasteiger partial charge is 0.0597 e. The molecule has 0 radical (unpaired) electrons. The van der Waals surface area contributed by atoms with Crippen LogP contribution in [0.3, 0.4) is 0 Å². The van der Waals surface area contributed by atoms with Crippen LogP contribution in [0, 0.1) is 6.92 Å². The van der Waals surface area contributed by atoms with Crippen molar-refractivity contribution in [2.75, 3.05) is 38.6 Å². The molecule has 0 aliphatic carbocycles. The van der Waals surface area contributed by atoms with Crippen LogP contribution in [0.15, 0.2) is 6.07 Å². The van der Waals surface area contributed by atoms with Crippen molar-refractivity contribution < 1.29 is 0 Å². The lowest BCUT2D eigenvalue weighted by Crippen LogP contribution is -2.46. The molecule has 1 aliphatic heterocycles. The molecule has 0 spiro atoms. The minimum absolute atomic E-state index is 0.738. The minimum atomic E-state index is 0.738. The van der Waals surface area contributed by atoms with E-state index in [-0.39, 0.29) is 0 Å². The molecular weight excluding hydrogens is 248 g/mol. The predicted octanol–water partition coefficient (Wildman–Crippen LogP) is 1.57. The number of alkyl halides is 1. The number of aryl methyl sites for hydroxylation is 2. The van der Waals surface area contributed by atoms with Gasteiger partial charge in [-0.05, 0) is 19.9 Å². The number of hydrogen-bond acceptors (Lipinski definition) is 3. The van der Waals surface area contributed by atoms with Crippen molar-refractivity contribution in [2.45, 2.75) is 26.9 Å². The highest BCUT2D eigenvalue weighted by molar-refractivity contribution is 6.18. The quantitative estimate of drug-likeness (QED) is 0.759. The van der Waals surface area contributed by atoms with Crippen molar-refractivity contribution >= 4 is 11.6 Å². The lowest BCUT2D eigenvalue weighted by molar-refractivity contribution is 0.130. The highest BCUT2D eigenvalue weighted by Crippen LogP contribution is 2.10. The number of rotatable bonds is 5. The second kappa shape index (κ2) is 6.55. The Balaban J connectivity index is 1.87. The zero-order chi connectivity index (χ0) is 13.0. The predicted molar refractivity (Wildman–Crippen MR) is 75.1 cm³/mol. The van der Waals surface area contributed by atoms with E-state index in [0.717, 1.165) is 57.4 Å². The van der Waals surface area contributed by atoms with Gasteiger partial charge in [0.2, 0.25) is 0 Å². The third-order valence-corrected chi connectivity index (χ3v) is 3.71. The summed E-state index contributed by atoms with van der Waals surface area (Å²) in [6.45, 7) is 11.7. The summed E-state index contributed by atoms with van der Waals surface area (Å²) in [6.07, 6.45) is 0. The standard InChI is InChI=1S/C13H23ClN4/c1-3-18-13(10-12(2)15-18)11-17-8-6-16(5-4-14)7-9-17/h10H,3-9,11H2,1-2H3. The van der Waals surface area contributed by atoms with E-state index >= 15 is 0 Å². The van der Waals surface area contributed by atoms with E-state index in [9.17, 15) is 0 Å². The van der Waals surface area contributed by atoms with Crippen LogP contribution >= 0.6 is 11.6 Å². The molecule has 2 heterocycles. The van der Waals surface area contributed by atoms with E-state index < -0.39 is 0 Å². The van der Waals surface area contributed by atoms with Crippen LogP contribution in [0.2, 0.25) is 0 Å². The van der Waals surface area contributed by atoms with Crippen LogP contribution < -0.4 is 0 Å². The van der Waals surface area contributed by atoms with Gasteiger partial charge in [-0.2, -0.15) is 5.10 Å². The maximum atomic E-state index is 5.78. The molecule has 102 valence electrons. The van der Waals surface area contributed by atoms with Crippen LogP contribution in [-0.2, 0) is 13.1 Å². The average molecular weight is 271 g/mol. The molecular formula is C13H23ClN4. The van der Waals surface area contributed by atoms with Crippen LogP contribution in [0.5, 0.6) is 0 Å². The summed E-state index contributed by atoms with van der Waals surface area (Å²) in [6, 6.07) is 2.20. The first-order valence-corrected chi connectivity index (χ1v) is 7.30. The Hall–Kier alpha value is -0.580. The minimum Gasteiger partial charge on any atom is -0.300 e. The van der Waals surface area contributed by atoms with Gasteiger partial charge in [0, 0.05) is 51.7 Å². The average Bonchev–Trinajstić information content (AvgIpc) is 2.72. The van der Waals surface area contributed by atoms with Gasteiger partial charge in [-0.25, -0.2) is 0 Å². The van der Waals surface area contributed by atoms with Crippen LogP contribution in [0.25, 0.3) is 0 Å². The third-order valence-electron chi connectivity index (χ3n) is 3.54. The van der Waals surface area contributed by atoms with E-state index in [1.807, 2.05) is 0 Å². The molecule has 0 saturated carbocycles. The molecule has 0 aromatic carbocycles. The Labute approximate surface area is 115 Å². The van der Waals surface area contributed by atoms with Crippen molar-refractivity contribution in [1.82, 2.24) is 19.6 Å². The fraction of sp³-hybridized carbons (Fsp3) is 0.769. The summed E-state index contributed by atoms with van der Waals surface area (Å²) in [5, 5.41) is 4.50. The van der Waals surface area contributed by atoms with E-state index in [0.29, 0.717) is 0 Å². The molecule has 1 fully saturated rings. The Morgan fingerprint density at radius 1 is 1.22 bits per heavy atom. The molecule has 18 heavy (non-hydrogen) atoms. The SMILES string of the molecule is CCn1nc(C)cc1CN1CCN(CCCl)CC1. The maximum absolute atomic E-state index is 5.78. The van der Waals surface area contributed by atoms with Crippen molar-refractivity contribution in [1.29, 1.82) is 0 Å². The van der Waals surface area contributed by atoms with E-state index in [1.165, 1.54) is 5.69 Å². The van der Waals surface area contributed by atoms with Gasteiger partial charge >= 0.3 is 0 Å². The first-order chi connectivity index (χ1) is 8.72. The molecule has 2 rings (SSSR count). The highest BCUT2D eigenvalue weighted by Gasteiger charge is 2.17. The molecule has 0 atom stereocenters.